The van der Waals surface area contributed by atoms with Crippen LogP contribution in [0.1, 0.15) is 44.2 Å². The maximum absolute atomic E-state index is 14.6. The summed E-state index contributed by atoms with van der Waals surface area (Å²) in [7, 11) is -2.99. The first kappa shape index (κ1) is 28.3. The number of rotatable bonds is 7. The molecule has 1 aliphatic carbocycles. The Labute approximate surface area is 236 Å². The van der Waals surface area contributed by atoms with Crippen molar-refractivity contribution < 1.29 is 22.0 Å². The number of aromatic nitrogens is 2. The molecule has 11 heteroatoms. The van der Waals surface area contributed by atoms with Crippen molar-refractivity contribution >= 4 is 32.6 Å². The molecule has 0 radical (unpaired) electrons. The molecule has 210 valence electrons. The summed E-state index contributed by atoms with van der Waals surface area (Å²) in [6.45, 7) is 2.56. The van der Waals surface area contributed by atoms with Crippen LogP contribution in [0.5, 0.6) is 0 Å². The van der Waals surface area contributed by atoms with Gasteiger partial charge in [-0.05, 0) is 56.0 Å². The van der Waals surface area contributed by atoms with Crippen LogP contribution in [-0.2, 0) is 14.6 Å². The molecular weight excluding hydrogens is 554 g/mol. The van der Waals surface area contributed by atoms with Crippen LogP contribution < -0.4 is 4.90 Å². The van der Waals surface area contributed by atoms with Crippen molar-refractivity contribution in [3.63, 3.8) is 0 Å². The molecule has 40 heavy (non-hydrogen) atoms. The van der Waals surface area contributed by atoms with E-state index in [1.165, 1.54) is 17.4 Å². The summed E-state index contributed by atoms with van der Waals surface area (Å²) in [5.74, 6) is -1.71. The minimum absolute atomic E-state index is 0.0660. The number of pyridine rings is 1. The van der Waals surface area contributed by atoms with Gasteiger partial charge in [-0.2, -0.15) is 5.26 Å². The lowest BCUT2D eigenvalue weighted by atomic mass is 9.72. The minimum Gasteiger partial charge on any atom is -0.369 e. The summed E-state index contributed by atoms with van der Waals surface area (Å²) in [6, 6.07) is 12.8. The third-order valence-electron chi connectivity index (χ3n) is 7.72. The lowest BCUT2D eigenvalue weighted by molar-refractivity contribution is -0.125. The quantitative estimate of drug-likeness (QED) is 0.357. The first-order valence-corrected chi connectivity index (χ1v) is 16.0. The molecule has 0 spiro atoms. The highest BCUT2D eigenvalue weighted by Gasteiger charge is 2.39. The number of nitrogens with zero attached hydrogens (tertiary/aromatic N) is 4. The zero-order valence-electron chi connectivity index (χ0n) is 22.1. The predicted molar refractivity (Wildman–Crippen MR) is 151 cm³/mol. The zero-order valence-corrected chi connectivity index (χ0v) is 23.7. The van der Waals surface area contributed by atoms with Crippen molar-refractivity contribution in [2.75, 3.05) is 29.5 Å². The molecular formula is C29H30F2N4O3S2. The van der Waals surface area contributed by atoms with E-state index in [9.17, 15) is 27.3 Å². The predicted octanol–water partition coefficient (Wildman–Crippen LogP) is 5.59. The Hall–Kier alpha value is -3.23. The van der Waals surface area contributed by atoms with Crippen LogP contribution in [0.15, 0.2) is 42.6 Å². The molecule has 1 aromatic carbocycles. The second kappa shape index (κ2) is 11.7. The van der Waals surface area contributed by atoms with E-state index in [4.69, 9.17) is 4.98 Å². The first-order valence-electron chi connectivity index (χ1n) is 13.4. The van der Waals surface area contributed by atoms with Gasteiger partial charge in [0.05, 0.1) is 46.0 Å². The van der Waals surface area contributed by atoms with Crippen LogP contribution in [-0.4, -0.2) is 54.9 Å². The lowest BCUT2D eigenvalue weighted by Gasteiger charge is -2.32. The van der Waals surface area contributed by atoms with Gasteiger partial charge in [0.25, 0.3) is 0 Å². The topological polar surface area (TPSA) is 104 Å². The molecule has 2 fully saturated rings. The van der Waals surface area contributed by atoms with Gasteiger partial charge in [0, 0.05) is 37.0 Å². The molecule has 1 saturated heterocycles. The summed E-state index contributed by atoms with van der Waals surface area (Å²) < 4.78 is 51.8. The van der Waals surface area contributed by atoms with E-state index in [2.05, 4.69) is 11.1 Å². The molecule has 7 nitrogen and oxygen atoms in total. The first-order chi connectivity index (χ1) is 19.1. The van der Waals surface area contributed by atoms with E-state index < -0.39 is 33.7 Å². The number of thiazole rings is 1. The van der Waals surface area contributed by atoms with E-state index in [1.54, 1.807) is 13.0 Å². The fourth-order valence-corrected chi connectivity index (χ4v) is 7.82. The van der Waals surface area contributed by atoms with Crippen LogP contribution in [0.2, 0.25) is 0 Å². The number of carbonyl (C=O) groups excluding carboxylic acids is 1. The Kier molecular flexibility index (Phi) is 8.29. The maximum atomic E-state index is 14.6. The number of alkyl halides is 1. The van der Waals surface area contributed by atoms with Crippen LogP contribution in [0, 0.1) is 29.0 Å². The second-order valence-electron chi connectivity index (χ2n) is 10.6. The highest BCUT2D eigenvalue weighted by molar-refractivity contribution is 7.91. The number of anilines is 1. The van der Waals surface area contributed by atoms with Crippen molar-refractivity contribution in [1.29, 1.82) is 5.26 Å². The Balaban J connectivity index is 1.52. The number of nitriles is 1. The molecule has 3 heterocycles. The number of benzene rings is 1. The summed E-state index contributed by atoms with van der Waals surface area (Å²) in [6.07, 6.45) is 0.978. The van der Waals surface area contributed by atoms with Crippen LogP contribution >= 0.6 is 11.3 Å². The number of sulfone groups is 1. The largest absolute Gasteiger partial charge is 0.369 e. The minimum atomic E-state index is -2.99. The van der Waals surface area contributed by atoms with Crippen LogP contribution in [0.4, 0.5) is 14.5 Å². The molecule has 3 aromatic rings. The normalized spacial score (nSPS) is 23.4. The number of hydrogen-bond donors (Lipinski definition) is 0. The smallest absolute Gasteiger partial charge is 0.153 e. The molecule has 4 atom stereocenters. The van der Waals surface area contributed by atoms with E-state index >= 15 is 0 Å². The van der Waals surface area contributed by atoms with Crippen molar-refractivity contribution in [2.24, 2.45) is 11.8 Å². The summed E-state index contributed by atoms with van der Waals surface area (Å²) in [4.78, 5) is 25.3. The van der Waals surface area contributed by atoms with Crippen molar-refractivity contribution in [2.45, 2.75) is 44.7 Å². The summed E-state index contributed by atoms with van der Waals surface area (Å²) in [5, 5.41) is 9.83. The van der Waals surface area contributed by atoms with Gasteiger partial charge in [0.1, 0.15) is 22.8 Å². The molecule has 0 amide bonds. The van der Waals surface area contributed by atoms with E-state index in [0.717, 1.165) is 22.3 Å². The van der Waals surface area contributed by atoms with Gasteiger partial charge in [-0.3, -0.25) is 9.78 Å². The molecule has 2 aromatic heterocycles. The highest BCUT2D eigenvalue weighted by Crippen LogP contribution is 2.47. The monoisotopic (exact) mass is 584 g/mol. The van der Waals surface area contributed by atoms with Crippen molar-refractivity contribution in [3.05, 3.63) is 54.1 Å². The maximum Gasteiger partial charge on any atom is 0.153 e. The zero-order chi connectivity index (χ0) is 28.4. The third-order valence-corrected chi connectivity index (χ3v) is 10.5. The molecule has 0 N–H and O–H groups in total. The van der Waals surface area contributed by atoms with Crippen LogP contribution in [0.25, 0.3) is 21.1 Å². The van der Waals surface area contributed by atoms with Gasteiger partial charge in [0.15, 0.2) is 9.84 Å². The van der Waals surface area contributed by atoms with Gasteiger partial charge >= 0.3 is 0 Å². The van der Waals surface area contributed by atoms with Crippen LogP contribution in [0.3, 0.4) is 0 Å². The fourth-order valence-electron chi connectivity index (χ4n) is 5.50. The average Bonchev–Trinajstić information content (AvgIpc) is 3.38. The Morgan fingerprint density at radius 3 is 2.55 bits per heavy atom. The van der Waals surface area contributed by atoms with Gasteiger partial charge in [-0.15, -0.1) is 11.3 Å². The molecule has 0 unspecified atom stereocenters. The number of halogens is 2. The SMILES string of the molecule is C[C@H](C#N)CC(=O)[C@@H]1C[C@@H](F)CC[C@H]1c1nc(-c2ccc(F)cn2)sc1-c1ccc(N2CCS(=O)(=O)CC2)cc1. The van der Waals surface area contributed by atoms with Crippen molar-refractivity contribution in [3.8, 4) is 27.2 Å². The molecule has 5 rings (SSSR count). The Morgan fingerprint density at radius 1 is 1.18 bits per heavy atom. The van der Waals surface area contributed by atoms with Gasteiger partial charge < -0.3 is 4.90 Å². The van der Waals surface area contributed by atoms with E-state index in [-0.39, 0.29) is 36.0 Å². The highest BCUT2D eigenvalue weighted by atomic mass is 32.2. The Morgan fingerprint density at radius 2 is 1.90 bits per heavy atom. The second-order valence-corrected chi connectivity index (χ2v) is 13.9. The number of ketones is 1. The summed E-state index contributed by atoms with van der Waals surface area (Å²) >= 11 is 1.39. The third kappa shape index (κ3) is 6.23. The summed E-state index contributed by atoms with van der Waals surface area (Å²) in [5.41, 5.74) is 2.98. The Bertz CT molecular complexity index is 1500. The van der Waals surface area contributed by atoms with Crippen molar-refractivity contribution in [1.82, 2.24) is 9.97 Å². The number of carbonyl (C=O) groups is 1. The van der Waals surface area contributed by atoms with Gasteiger partial charge in [-0.1, -0.05) is 12.1 Å². The fraction of sp³-hybridized carbons (Fsp3) is 0.448. The lowest BCUT2D eigenvalue weighted by Crippen LogP contribution is -2.40. The van der Waals surface area contributed by atoms with Gasteiger partial charge in [-0.25, -0.2) is 22.2 Å². The van der Waals surface area contributed by atoms with E-state index in [1.807, 2.05) is 29.2 Å². The van der Waals surface area contributed by atoms with E-state index in [0.29, 0.717) is 42.3 Å². The molecule has 2 aliphatic rings. The molecule has 0 bridgehead atoms. The number of hydrogen-bond acceptors (Lipinski definition) is 8. The van der Waals surface area contributed by atoms with Gasteiger partial charge in [0.2, 0.25) is 0 Å². The molecule has 1 aliphatic heterocycles. The standard InChI is InChI=1S/C29H30F2N4O3S2/c1-18(16-32)14-26(36)24-15-20(30)4-8-23(24)27-28(39-29(34-27)25-9-5-21(31)17-33-25)19-2-6-22(7-3-19)35-10-12-40(37,38)13-11-35/h2-3,5-7,9,17-18,20,23-24H,4,8,10-15H2,1H3/t18-,20-,23+,24+/m0/s1. The number of Topliss-reactive ketones (excluding diaryl/α,β-unsaturated/α-hetero) is 1. The average molecular weight is 585 g/mol. The molecule has 1 saturated carbocycles.